The third kappa shape index (κ3) is 2.28. The van der Waals surface area contributed by atoms with Crippen molar-refractivity contribution in [2.24, 2.45) is 5.73 Å². The van der Waals surface area contributed by atoms with E-state index in [4.69, 9.17) is 33.7 Å². The Labute approximate surface area is 98.7 Å². The zero-order valence-electron chi connectivity index (χ0n) is 7.63. The number of halogens is 2. The number of rotatable bonds is 3. The van der Waals surface area contributed by atoms with Gasteiger partial charge < -0.3 is 10.5 Å². The van der Waals surface area contributed by atoms with E-state index in [0.717, 1.165) is 5.56 Å². The van der Waals surface area contributed by atoms with Crippen LogP contribution in [0.4, 0.5) is 0 Å². The zero-order chi connectivity index (χ0) is 10.7. The van der Waals surface area contributed by atoms with Crippen LogP contribution in [0.2, 0.25) is 10.0 Å². The van der Waals surface area contributed by atoms with Crippen molar-refractivity contribution in [1.29, 1.82) is 0 Å². The van der Waals surface area contributed by atoms with Crippen molar-refractivity contribution in [1.82, 2.24) is 0 Å². The molecular formula is C9H11Cl2NOS. The van der Waals surface area contributed by atoms with Gasteiger partial charge in [0.15, 0.2) is 0 Å². The summed E-state index contributed by atoms with van der Waals surface area (Å²) in [7, 11) is 1.54. The Hall–Kier alpha value is -0.0900. The lowest BCUT2D eigenvalue weighted by atomic mass is 10.1. The molecule has 1 unspecified atom stereocenters. The average molecular weight is 252 g/mol. The number of nitrogens with two attached hydrogens (primary N) is 1. The quantitative estimate of drug-likeness (QED) is 0.811. The summed E-state index contributed by atoms with van der Waals surface area (Å²) < 4.78 is 5.02. The van der Waals surface area contributed by atoms with Gasteiger partial charge in [-0.25, -0.2) is 0 Å². The highest BCUT2D eigenvalue weighted by atomic mass is 35.5. The second-order valence-electron chi connectivity index (χ2n) is 2.77. The lowest BCUT2D eigenvalue weighted by Crippen LogP contribution is -2.12. The SMILES string of the molecule is COc1ccc(C(N)CS)c(Cl)c1Cl. The fourth-order valence-corrected chi connectivity index (χ4v) is 1.83. The van der Waals surface area contributed by atoms with Crippen LogP contribution in [0, 0.1) is 0 Å². The highest BCUT2D eigenvalue weighted by Crippen LogP contribution is 2.36. The Bertz CT molecular complexity index is 333. The molecule has 0 spiro atoms. The van der Waals surface area contributed by atoms with Gasteiger partial charge in [-0.05, 0) is 11.6 Å². The van der Waals surface area contributed by atoms with Crippen molar-refractivity contribution in [3.63, 3.8) is 0 Å². The smallest absolute Gasteiger partial charge is 0.139 e. The normalized spacial score (nSPS) is 12.6. The van der Waals surface area contributed by atoms with Crippen LogP contribution < -0.4 is 10.5 Å². The molecule has 0 aliphatic carbocycles. The van der Waals surface area contributed by atoms with Crippen molar-refractivity contribution in [2.45, 2.75) is 6.04 Å². The van der Waals surface area contributed by atoms with E-state index < -0.39 is 0 Å². The summed E-state index contributed by atoms with van der Waals surface area (Å²) in [6.07, 6.45) is 0. The highest BCUT2D eigenvalue weighted by Gasteiger charge is 2.14. The van der Waals surface area contributed by atoms with Gasteiger partial charge in [0.25, 0.3) is 0 Å². The summed E-state index contributed by atoms with van der Waals surface area (Å²) in [6.45, 7) is 0. The summed E-state index contributed by atoms with van der Waals surface area (Å²) in [5.74, 6) is 1.06. The van der Waals surface area contributed by atoms with E-state index in [2.05, 4.69) is 12.6 Å². The first-order chi connectivity index (χ1) is 6.61. The van der Waals surface area contributed by atoms with Gasteiger partial charge >= 0.3 is 0 Å². The number of hydrogen-bond donors (Lipinski definition) is 2. The van der Waals surface area contributed by atoms with Gasteiger partial charge in [0, 0.05) is 11.8 Å². The molecule has 0 amide bonds. The van der Waals surface area contributed by atoms with E-state index in [1.165, 1.54) is 7.11 Å². The van der Waals surface area contributed by atoms with E-state index in [0.29, 0.717) is 21.5 Å². The first-order valence-electron chi connectivity index (χ1n) is 4.00. The van der Waals surface area contributed by atoms with Gasteiger partial charge in [0.2, 0.25) is 0 Å². The Balaban J connectivity index is 3.17. The fraction of sp³-hybridized carbons (Fsp3) is 0.333. The fourth-order valence-electron chi connectivity index (χ4n) is 1.09. The van der Waals surface area contributed by atoms with Crippen LogP contribution in [0.25, 0.3) is 0 Å². The average Bonchev–Trinajstić information content (AvgIpc) is 2.21. The number of methoxy groups -OCH3 is 1. The Morgan fingerprint density at radius 2 is 2.07 bits per heavy atom. The van der Waals surface area contributed by atoms with E-state index in [1.807, 2.05) is 0 Å². The molecule has 1 aromatic carbocycles. The minimum absolute atomic E-state index is 0.214. The second-order valence-corrected chi connectivity index (χ2v) is 3.90. The number of ether oxygens (including phenoxy) is 1. The Morgan fingerprint density at radius 1 is 1.43 bits per heavy atom. The minimum Gasteiger partial charge on any atom is -0.495 e. The first kappa shape index (κ1) is 12.0. The van der Waals surface area contributed by atoms with Gasteiger partial charge in [-0.2, -0.15) is 12.6 Å². The van der Waals surface area contributed by atoms with Crippen molar-refractivity contribution < 1.29 is 4.74 Å². The van der Waals surface area contributed by atoms with Crippen LogP contribution in [0.15, 0.2) is 12.1 Å². The first-order valence-corrected chi connectivity index (χ1v) is 5.39. The van der Waals surface area contributed by atoms with Crippen LogP contribution in [-0.2, 0) is 0 Å². The van der Waals surface area contributed by atoms with Crippen LogP contribution >= 0.6 is 35.8 Å². The summed E-state index contributed by atoms with van der Waals surface area (Å²) in [5.41, 5.74) is 6.58. The molecule has 78 valence electrons. The van der Waals surface area contributed by atoms with Gasteiger partial charge in [-0.15, -0.1) is 0 Å². The third-order valence-electron chi connectivity index (χ3n) is 1.89. The molecule has 0 saturated heterocycles. The molecule has 0 heterocycles. The lowest BCUT2D eigenvalue weighted by Gasteiger charge is -2.13. The van der Waals surface area contributed by atoms with Crippen LogP contribution in [0.5, 0.6) is 5.75 Å². The van der Waals surface area contributed by atoms with E-state index in [9.17, 15) is 0 Å². The molecule has 1 rings (SSSR count). The molecule has 1 aromatic rings. The summed E-state index contributed by atoms with van der Waals surface area (Å²) >= 11 is 16.1. The molecular weight excluding hydrogens is 241 g/mol. The van der Waals surface area contributed by atoms with Crippen LogP contribution in [0.3, 0.4) is 0 Å². The lowest BCUT2D eigenvalue weighted by molar-refractivity contribution is 0.415. The largest absolute Gasteiger partial charge is 0.495 e. The molecule has 0 bridgehead atoms. The van der Waals surface area contributed by atoms with Crippen molar-refractivity contribution in [2.75, 3.05) is 12.9 Å². The van der Waals surface area contributed by atoms with Gasteiger partial charge in [-0.1, -0.05) is 29.3 Å². The van der Waals surface area contributed by atoms with Crippen molar-refractivity contribution in [3.05, 3.63) is 27.7 Å². The standard InChI is InChI=1S/C9H11Cl2NOS/c1-13-7-3-2-5(6(12)4-14)8(10)9(7)11/h2-3,6,14H,4,12H2,1H3. The molecule has 2 N–H and O–H groups in total. The maximum atomic E-state index is 6.02. The molecule has 5 heteroatoms. The predicted molar refractivity (Wildman–Crippen MR) is 63.8 cm³/mol. The highest BCUT2D eigenvalue weighted by molar-refractivity contribution is 7.80. The summed E-state index contributed by atoms with van der Waals surface area (Å²) in [6, 6.07) is 3.33. The minimum atomic E-state index is -0.214. The second kappa shape index (κ2) is 5.12. The number of thiol groups is 1. The monoisotopic (exact) mass is 251 g/mol. The molecule has 2 nitrogen and oxygen atoms in total. The molecule has 14 heavy (non-hydrogen) atoms. The molecule has 0 fully saturated rings. The Kier molecular flexibility index (Phi) is 4.38. The third-order valence-corrected chi connectivity index (χ3v) is 3.17. The van der Waals surface area contributed by atoms with Crippen molar-refractivity contribution >= 4 is 35.8 Å². The summed E-state index contributed by atoms with van der Waals surface area (Å²) in [4.78, 5) is 0. The molecule has 0 aliphatic rings. The van der Waals surface area contributed by atoms with Crippen molar-refractivity contribution in [3.8, 4) is 5.75 Å². The Morgan fingerprint density at radius 3 is 2.57 bits per heavy atom. The zero-order valence-corrected chi connectivity index (χ0v) is 10.0. The molecule has 0 saturated carbocycles. The number of benzene rings is 1. The van der Waals surface area contributed by atoms with E-state index >= 15 is 0 Å². The van der Waals surface area contributed by atoms with Gasteiger partial charge in [0.1, 0.15) is 10.8 Å². The van der Waals surface area contributed by atoms with Crippen LogP contribution in [-0.4, -0.2) is 12.9 Å². The maximum absolute atomic E-state index is 6.02. The molecule has 0 radical (unpaired) electrons. The molecule has 1 atom stereocenters. The van der Waals surface area contributed by atoms with Crippen LogP contribution in [0.1, 0.15) is 11.6 Å². The van der Waals surface area contributed by atoms with E-state index in [-0.39, 0.29) is 6.04 Å². The summed E-state index contributed by atoms with van der Waals surface area (Å²) in [5, 5.41) is 0.830. The topological polar surface area (TPSA) is 35.2 Å². The molecule has 0 aromatic heterocycles. The maximum Gasteiger partial charge on any atom is 0.139 e. The number of hydrogen-bond acceptors (Lipinski definition) is 3. The molecule has 0 aliphatic heterocycles. The van der Waals surface area contributed by atoms with E-state index in [1.54, 1.807) is 12.1 Å². The van der Waals surface area contributed by atoms with Gasteiger partial charge in [0.05, 0.1) is 12.1 Å². The predicted octanol–water partition coefficient (Wildman–Crippen LogP) is 2.93. The van der Waals surface area contributed by atoms with Gasteiger partial charge in [-0.3, -0.25) is 0 Å².